The quantitative estimate of drug-likeness (QED) is 0.579. The highest BCUT2D eigenvalue weighted by molar-refractivity contribution is 7.89. The molecule has 0 aromatic carbocycles. The number of aromatic nitrogens is 4. The molecule has 0 saturated carbocycles. The number of hydrogen-bond donors (Lipinski definition) is 3. The molecule has 1 saturated heterocycles. The van der Waals surface area contributed by atoms with Gasteiger partial charge in [-0.05, 0) is 18.2 Å². The fourth-order valence-electron chi connectivity index (χ4n) is 2.98. The Kier molecular flexibility index (Phi) is 4.72. The van der Waals surface area contributed by atoms with Gasteiger partial charge >= 0.3 is 0 Å². The van der Waals surface area contributed by atoms with Gasteiger partial charge in [0.15, 0.2) is 5.65 Å². The summed E-state index contributed by atoms with van der Waals surface area (Å²) in [6, 6.07) is 5.29. The van der Waals surface area contributed by atoms with Crippen LogP contribution in [0.5, 0.6) is 0 Å². The molecule has 26 heavy (non-hydrogen) atoms. The van der Waals surface area contributed by atoms with Gasteiger partial charge in [0.25, 0.3) is 0 Å². The number of sulfonamides is 1. The van der Waals surface area contributed by atoms with Gasteiger partial charge in [0.1, 0.15) is 4.90 Å². The van der Waals surface area contributed by atoms with E-state index in [9.17, 15) is 8.42 Å². The third kappa shape index (κ3) is 3.49. The van der Waals surface area contributed by atoms with Crippen LogP contribution >= 0.6 is 0 Å². The van der Waals surface area contributed by atoms with E-state index in [4.69, 9.17) is 4.74 Å². The fraction of sp³-hybridized carbons (Fsp3) is 0.375. The standard InChI is InChI=1S/C16H20N6O3S/c23-26(24,19-4-5-22-6-8-25-9-7-22)12-10-14(18-11-12)15-13-2-1-3-17-16(13)21-20-15/h1-3,10-11,18-19H,4-9H2,(H,17,20,21). The van der Waals surface area contributed by atoms with Gasteiger partial charge in [-0.15, -0.1) is 0 Å². The predicted molar refractivity (Wildman–Crippen MR) is 96.1 cm³/mol. The summed E-state index contributed by atoms with van der Waals surface area (Å²) in [7, 11) is -3.57. The monoisotopic (exact) mass is 376 g/mol. The topological polar surface area (TPSA) is 116 Å². The van der Waals surface area contributed by atoms with Crippen LogP contribution in [0.1, 0.15) is 0 Å². The lowest BCUT2D eigenvalue weighted by molar-refractivity contribution is 0.0390. The minimum absolute atomic E-state index is 0.195. The van der Waals surface area contributed by atoms with Crippen molar-refractivity contribution in [2.24, 2.45) is 0 Å². The molecule has 1 fully saturated rings. The highest BCUT2D eigenvalue weighted by Crippen LogP contribution is 2.25. The first-order valence-corrected chi connectivity index (χ1v) is 9.89. The molecule has 0 radical (unpaired) electrons. The maximum absolute atomic E-state index is 12.5. The molecule has 0 bridgehead atoms. The first-order chi connectivity index (χ1) is 12.6. The van der Waals surface area contributed by atoms with Crippen LogP contribution in [0.15, 0.2) is 35.5 Å². The molecule has 3 N–H and O–H groups in total. The van der Waals surface area contributed by atoms with Gasteiger partial charge in [-0.2, -0.15) is 5.10 Å². The molecule has 4 heterocycles. The van der Waals surface area contributed by atoms with Crippen LogP contribution in [0.4, 0.5) is 0 Å². The molecular weight excluding hydrogens is 356 g/mol. The summed E-state index contributed by atoms with van der Waals surface area (Å²) in [6.07, 6.45) is 3.14. The molecule has 0 spiro atoms. The van der Waals surface area contributed by atoms with Crippen LogP contribution in [0.2, 0.25) is 0 Å². The van der Waals surface area contributed by atoms with E-state index in [1.54, 1.807) is 12.3 Å². The van der Waals surface area contributed by atoms with E-state index in [2.05, 4.69) is 29.8 Å². The van der Waals surface area contributed by atoms with Crippen molar-refractivity contribution >= 4 is 21.1 Å². The molecule has 1 aliphatic heterocycles. The van der Waals surface area contributed by atoms with Crippen molar-refractivity contribution in [1.29, 1.82) is 0 Å². The number of fused-ring (bicyclic) bond motifs is 1. The Morgan fingerprint density at radius 3 is 3.00 bits per heavy atom. The van der Waals surface area contributed by atoms with Crippen molar-refractivity contribution in [3.05, 3.63) is 30.6 Å². The van der Waals surface area contributed by atoms with E-state index in [-0.39, 0.29) is 4.90 Å². The van der Waals surface area contributed by atoms with E-state index in [0.717, 1.165) is 18.5 Å². The summed E-state index contributed by atoms with van der Waals surface area (Å²) >= 11 is 0. The number of hydrogen-bond acceptors (Lipinski definition) is 6. The SMILES string of the molecule is O=S(=O)(NCCN1CCOCC1)c1c[nH]c(-c2[nH]nc3ncccc23)c1. The van der Waals surface area contributed by atoms with E-state index in [1.807, 2.05) is 12.1 Å². The molecule has 0 atom stereocenters. The molecule has 0 aliphatic carbocycles. The molecular formula is C16H20N6O3S. The summed E-state index contributed by atoms with van der Waals surface area (Å²) < 4.78 is 33.0. The van der Waals surface area contributed by atoms with Gasteiger partial charge in [0.2, 0.25) is 10.0 Å². The summed E-state index contributed by atoms with van der Waals surface area (Å²) in [5, 5.41) is 7.87. The van der Waals surface area contributed by atoms with Gasteiger partial charge in [-0.25, -0.2) is 18.1 Å². The summed E-state index contributed by atoms with van der Waals surface area (Å²) in [5.74, 6) is 0. The van der Waals surface area contributed by atoms with Crippen molar-refractivity contribution in [1.82, 2.24) is 29.8 Å². The maximum Gasteiger partial charge on any atom is 0.242 e. The predicted octanol–water partition coefficient (Wildman–Crippen LogP) is 0.564. The number of aromatic amines is 2. The number of morpholine rings is 1. The van der Waals surface area contributed by atoms with Crippen LogP contribution in [-0.2, 0) is 14.8 Å². The number of nitrogens with one attached hydrogen (secondary N) is 3. The second-order valence-corrected chi connectivity index (χ2v) is 7.84. The molecule has 9 nitrogen and oxygen atoms in total. The number of rotatable bonds is 6. The maximum atomic E-state index is 12.5. The zero-order valence-corrected chi connectivity index (χ0v) is 14.9. The van der Waals surface area contributed by atoms with Crippen molar-refractivity contribution in [2.75, 3.05) is 39.4 Å². The molecule has 3 aromatic heterocycles. The first kappa shape index (κ1) is 17.2. The number of pyridine rings is 1. The van der Waals surface area contributed by atoms with E-state index < -0.39 is 10.0 Å². The van der Waals surface area contributed by atoms with Crippen molar-refractivity contribution in [2.45, 2.75) is 4.90 Å². The largest absolute Gasteiger partial charge is 0.379 e. The van der Waals surface area contributed by atoms with Crippen molar-refractivity contribution in [3.8, 4) is 11.4 Å². The Morgan fingerprint density at radius 1 is 1.31 bits per heavy atom. The Bertz CT molecular complexity index is 990. The molecule has 138 valence electrons. The van der Waals surface area contributed by atoms with Crippen LogP contribution in [0.3, 0.4) is 0 Å². The van der Waals surface area contributed by atoms with E-state index >= 15 is 0 Å². The van der Waals surface area contributed by atoms with Gasteiger partial charge in [0, 0.05) is 44.0 Å². The second kappa shape index (κ2) is 7.16. The molecule has 3 aromatic rings. The summed E-state index contributed by atoms with van der Waals surface area (Å²) in [4.78, 5) is 9.54. The van der Waals surface area contributed by atoms with Crippen LogP contribution in [-0.4, -0.2) is 72.9 Å². The van der Waals surface area contributed by atoms with Gasteiger partial charge in [0.05, 0.1) is 24.6 Å². The first-order valence-electron chi connectivity index (χ1n) is 8.41. The lowest BCUT2D eigenvalue weighted by Crippen LogP contribution is -2.41. The summed E-state index contributed by atoms with van der Waals surface area (Å²) in [5.41, 5.74) is 1.95. The average Bonchev–Trinajstić information content (AvgIpc) is 3.30. The van der Waals surface area contributed by atoms with Crippen LogP contribution < -0.4 is 4.72 Å². The van der Waals surface area contributed by atoms with Crippen LogP contribution in [0, 0.1) is 0 Å². The molecule has 4 rings (SSSR count). The highest BCUT2D eigenvalue weighted by atomic mass is 32.2. The number of ether oxygens (including phenoxy) is 1. The minimum atomic E-state index is -3.57. The third-order valence-electron chi connectivity index (χ3n) is 4.39. The fourth-order valence-corrected chi connectivity index (χ4v) is 3.99. The lowest BCUT2D eigenvalue weighted by Gasteiger charge is -2.26. The van der Waals surface area contributed by atoms with Gasteiger partial charge in [-0.1, -0.05) is 0 Å². The Hall–Kier alpha value is -2.27. The average molecular weight is 376 g/mol. The minimum Gasteiger partial charge on any atom is -0.379 e. The molecule has 1 aliphatic rings. The molecule has 10 heteroatoms. The van der Waals surface area contributed by atoms with Gasteiger partial charge in [-0.3, -0.25) is 10.00 Å². The van der Waals surface area contributed by atoms with Crippen LogP contribution in [0.25, 0.3) is 22.4 Å². The normalized spacial score (nSPS) is 16.3. The Balaban J connectivity index is 1.46. The second-order valence-electron chi connectivity index (χ2n) is 6.07. The highest BCUT2D eigenvalue weighted by Gasteiger charge is 2.19. The van der Waals surface area contributed by atoms with Gasteiger partial charge < -0.3 is 9.72 Å². The Labute approximate surface area is 150 Å². The van der Waals surface area contributed by atoms with E-state index in [0.29, 0.717) is 43.3 Å². The molecule has 0 unspecified atom stereocenters. The van der Waals surface area contributed by atoms with Crippen molar-refractivity contribution in [3.63, 3.8) is 0 Å². The zero-order valence-electron chi connectivity index (χ0n) is 14.1. The smallest absolute Gasteiger partial charge is 0.242 e. The number of H-pyrrole nitrogens is 2. The Morgan fingerprint density at radius 2 is 2.15 bits per heavy atom. The van der Waals surface area contributed by atoms with E-state index in [1.165, 1.54) is 6.20 Å². The lowest BCUT2D eigenvalue weighted by atomic mass is 10.2. The summed E-state index contributed by atoms with van der Waals surface area (Å²) in [6.45, 7) is 4.08. The molecule has 0 amide bonds. The third-order valence-corrected chi connectivity index (χ3v) is 5.83. The van der Waals surface area contributed by atoms with Crippen molar-refractivity contribution < 1.29 is 13.2 Å². The zero-order chi connectivity index (χ0) is 18.0. The number of nitrogens with zero attached hydrogens (tertiary/aromatic N) is 3.